The molecule has 1 rings (SSSR count). The van der Waals surface area contributed by atoms with E-state index >= 15 is 0 Å². The fraction of sp³-hybridized carbons (Fsp3) is 0.750. The van der Waals surface area contributed by atoms with Gasteiger partial charge in [-0.15, -0.1) is 0 Å². The molecule has 0 saturated heterocycles. The summed E-state index contributed by atoms with van der Waals surface area (Å²) in [5, 5.41) is 8.67. The van der Waals surface area contributed by atoms with Gasteiger partial charge in [-0.05, 0) is 19.3 Å². The monoisotopic (exact) mass is 153 g/mol. The summed E-state index contributed by atoms with van der Waals surface area (Å²) in [4.78, 5) is 11.1. The Labute approximate surface area is 66.0 Å². The zero-order valence-electron chi connectivity index (χ0n) is 6.76. The van der Waals surface area contributed by atoms with Gasteiger partial charge in [-0.3, -0.25) is 4.79 Å². The van der Waals surface area contributed by atoms with Gasteiger partial charge in [0.15, 0.2) is 5.41 Å². The van der Waals surface area contributed by atoms with Gasteiger partial charge in [0.1, 0.15) is 0 Å². The number of nitriles is 1. The van der Waals surface area contributed by atoms with Crippen molar-refractivity contribution in [3.63, 3.8) is 0 Å². The first kappa shape index (κ1) is 8.06. The first-order valence-corrected chi connectivity index (χ1v) is 3.76. The van der Waals surface area contributed by atoms with E-state index in [0.29, 0.717) is 13.0 Å². The Morgan fingerprint density at radius 1 is 1.91 bits per heavy atom. The number of hydrogen-bond donors (Lipinski definition) is 0. The van der Waals surface area contributed by atoms with Gasteiger partial charge in [0.05, 0.1) is 12.7 Å². The lowest BCUT2D eigenvalue weighted by molar-refractivity contribution is -0.147. The standard InChI is InChI=1S/C8H11NO2/c1-3-11-7(10)8(5-9)4-6(8)2/h6H,3-4H2,1-2H3/t6-,8+/m0/s1. The van der Waals surface area contributed by atoms with E-state index in [1.54, 1.807) is 6.92 Å². The summed E-state index contributed by atoms with van der Waals surface area (Å²) in [6.45, 7) is 3.99. The zero-order chi connectivity index (χ0) is 8.48. The minimum absolute atomic E-state index is 0.173. The van der Waals surface area contributed by atoms with Crippen LogP contribution < -0.4 is 0 Å². The highest BCUT2D eigenvalue weighted by atomic mass is 16.5. The van der Waals surface area contributed by atoms with E-state index in [4.69, 9.17) is 10.00 Å². The molecule has 0 heterocycles. The van der Waals surface area contributed by atoms with Crippen molar-refractivity contribution in [2.45, 2.75) is 20.3 Å². The van der Waals surface area contributed by atoms with Crippen LogP contribution in [0.4, 0.5) is 0 Å². The molecule has 0 aromatic heterocycles. The normalized spacial score (nSPS) is 34.1. The van der Waals surface area contributed by atoms with Gasteiger partial charge in [0.2, 0.25) is 0 Å². The minimum Gasteiger partial charge on any atom is -0.465 e. The number of hydrogen-bond acceptors (Lipinski definition) is 3. The third kappa shape index (κ3) is 1.09. The molecule has 1 aliphatic rings. The van der Waals surface area contributed by atoms with Gasteiger partial charge in [0, 0.05) is 0 Å². The zero-order valence-corrected chi connectivity index (χ0v) is 6.76. The average molecular weight is 153 g/mol. The number of ether oxygens (including phenoxy) is 1. The molecule has 0 spiro atoms. The number of carbonyl (C=O) groups excluding carboxylic acids is 1. The maximum Gasteiger partial charge on any atom is 0.326 e. The number of esters is 1. The second-order valence-corrected chi connectivity index (χ2v) is 2.91. The predicted molar refractivity (Wildman–Crippen MR) is 38.5 cm³/mol. The molecule has 0 aliphatic heterocycles. The first-order chi connectivity index (χ1) is 5.17. The second-order valence-electron chi connectivity index (χ2n) is 2.91. The molecule has 3 heteroatoms. The molecule has 60 valence electrons. The summed E-state index contributed by atoms with van der Waals surface area (Å²) in [5.74, 6) is -0.179. The van der Waals surface area contributed by atoms with Gasteiger partial charge in [-0.25, -0.2) is 0 Å². The molecule has 0 aromatic rings. The maximum absolute atomic E-state index is 11.1. The van der Waals surface area contributed by atoms with Gasteiger partial charge < -0.3 is 4.74 Å². The Hall–Kier alpha value is -1.04. The van der Waals surface area contributed by atoms with Crippen LogP contribution in [0.25, 0.3) is 0 Å². The summed E-state index contributed by atoms with van der Waals surface area (Å²) >= 11 is 0. The highest BCUT2D eigenvalue weighted by Crippen LogP contribution is 2.52. The van der Waals surface area contributed by atoms with Crippen molar-refractivity contribution >= 4 is 5.97 Å². The predicted octanol–water partition coefficient (Wildman–Crippen LogP) is 1.10. The number of carbonyl (C=O) groups is 1. The highest BCUT2D eigenvalue weighted by Gasteiger charge is 2.59. The third-order valence-electron chi connectivity index (χ3n) is 2.15. The Kier molecular flexibility index (Phi) is 1.86. The molecule has 3 nitrogen and oxygen atoms in total. The Bertz CT molecular complexity index is 219. The molecule has 2 atom stereocenters. The minimum atomic E-state index is -0.796. The fourth-order valence-electron chi connectivity index (χ4n) is 1.17. The van der Waals surface area contributed by atoms with Crippen LogP contribution in [0.5, 0.6) is 0 Å². The highest BCUT2D eigenvalue weighted by molar-refractivity contribution is 5.83. The van der Waals surface area contributed by atoms with E-state index in [0.717, 1.165) is 0 Å². The molecule has 1 aliphatic carbocycles. The SMILES string of the molecule is CCOC(=O)[C@@]1(C#N)C[C@@H]1C. The van der Waals surface area contributed by atoms with Crippen LogP contribution in [-0.4, -0.2) is 12.6 Å². The van der Waals surface area contributed by atoms with Crippen LogP contribution in [0.2, 0.25) is 0 Å². The number of rotatable bonds is 2. The lowest BCUT2D eigenvalue weighted by Gasteiger charge is -2.04. The molecule has 0 amide bonds. The van der Waals surface area contributed by atoms with Crippen molar-refractivity contribution < 1.29 is 9.53 Å². The molecule has 0 bridgehead atoms. The van der Waals surface area contributed by atoms with Gasteiger partial charge in [-0.2, -0.15) is 5.26 Å². The third-order valence-corrected chi connectivity index (χ3v) is 2.15. The summed E-state index contributed by atoms with van der Waals surface area (Å²) in [5.41, 5.74) is -0.796. The van der Waals surface area contributed by atoms with Crippen LogP contribution in [0.3, 0.4) is 0 Å². The molecule has 0 unspecified atom stereocenters. The van der Waals surface area contributed by atoms with Crippen LogP contribution in [-0.2, 0) is 9.53 Å². The van der Waals surface area contributed by atoms with Crippen molar-refractivity contribution in [2.24, 2.45) is 11.3 Å². The summed E-state index contributed by atoms with van der Waals surface area (Å²) in [6, 6.07) is 2.01. The average Bonchev–Trinajstić information content (AvgIpc) is 2.63. The molecular weight excluding hydrogens is 142 g/mol. The summed E-state index contributed by atoms with van der Waals surface area (Å²) in [7, 11) is 0. The summed E-state index contributed by atoms with van der Waals surface area (Å²) < 4.78 is 4.77. The topological polar surface area (TPSA) is 50.1 Å². The fourth-order valence-corrected chi connectivity index (χ4v) is 1.17. The smallest absolute Gasteiger partial charge is 0.326 e. The van der Waals surface area contributed by atoms with Crippen molar-refractivity contribution in [1.82, 2.24) is 0 Å². The largest absolute Gasteiger partial charge is 0.465 e. The van der Waals surface area contributed by atoms with E-state index in [-0.39, 0.29) is 11.9 Å². The molecule has 0 N–H and O–H groups in total. The lowest BCUT2D eigenvalue weighted by Crippen LogP contribution is -2.18. The quantitative estimate of drug-likeness (QED) is 0.558. The molecule has 11 heavy (non-hydrogen) atoms. The Morgan fingerprint density at radius 3 is 2.73 bits per heavy atom. The Morgan fingerprint density at radius 2 is 2.45 bits per heavy atom. The van der Waals surface area contributed by atoms with Crippen LogP contribution >= 0.6 is 0 Å². The molecule has 1 saturated carbocycles. The van der Waals surface area contributed by atoms with Crippen molar-refractivity contribution in [2.75, 3.05) is 6.61 Å². The van der Waals surface area contributed by atoms with Crippen LogP contribution in [0.1, 0.15) is 20.3 Å². The first-order valence-electron chi connectivity index (χ1n) is 3.76. The maximum atomic E-state index is 11.1. The van der Waals surface area contributed by atoms with Gasteiger partial charge >= 0.3 is 5.97 Å². The van der Waals surface area contributed by atoms with Crippen LogP contribution in [0.15, 0.2) is 0 Å². The van der Waals surface area contributed by atoms with E-state index < -0.39 is 5.41 Å². The number of nitrogens with zero attached hydrogens (tertiary/aromatic N) is 1. The van der Waals surface area contributed by atoms with E-state index in [9.17, 15) is 4.79 Å². The van der Waals surface area contributed by atoms with Gasteiger partial charge in [-0.1, -0.05) is 6.92 Å². The van der Waals surface area contributed by atoms with Gasteiger partial charge in [0.25, 0.3) is 0 Å². The molecule has 0 aromatic carbocycles. The van der Waals surface area contributed by atoms with Crippen molar-refractivity contribution in [3.05, 3.63) is 0 Å². The lowest BCUT2D eigenvalue weighted by atomic mass is 10.1. The van der Waals surface area contributed by atoms with Crippen LogP contribution in [0, 0.1) is 22.7 Å². The second kappa shape index (κ2) is 2.54. The van der Waals surface area contributed by atoms with Crippen molar-refractivity contribution in [1.29, 1.82) is 5.26 Å². The molecular formula is C8H11NO2. The van der Waals surface area contributed by atoms with E-state index in [1.165, 1.54) is 0 Å². The molecule has 1 fully saturated rings. The molecule has 0 radical (unpaired) electrons. The van der Waals surface area contributed by atoms with E-state index in [1.807, 2.05) is 13.0 Å². The van der Waals surface area contributed by atoms with E-state index in [2.05, 4.69) is 0 Å². The van der Waals surface area contributed by atoms with Crippen molar-refractivity contribution in [3.8, 4) is 6.07 Å². The summed E-state index contributed by atoms with van der Waals surface area (Å²) in [6.07, 6.45) is 0.655. The Balaban J connectivity index is 2.60.